The van der Waals surface area contributed by atoms with Gasteiger partial charge in [0.25, 0.3) is 5.56 Å². The number of carboxylic acids is 1. The number of amides is 1. The number of hydrogen-bond acceptors (Lipinski definition) is 4. The largest absolute Gasteiger partial charge is 0.481 e. The number of ether oxygens (including phenoxy) is 1. The zero-order valence-electron chi connectivity index (χ0n) is 11.2. The molecule has 0 saturated carbocycles. The number of rotatable bonds is 4. The molecule has 0 radical (unpaired) electrons. The number of carbonyl (C=O) groups excluding carboxylic acids is 1. The Morgan fingerprint density at radius 3 is 2.90 bits per heavy atom. The van der Waals surface area contributed by atoms with Crippen LogP contribution in [0.1, 0.15) is 6.42 Å². The summed E-state index contributed by atoms with van der Waals surface area (Å²) >= 11 is 3.25. The van der Waals surface area contributed by atoms with E-state index in [0.29, 0.717) is 17.6 Å². The Morgan fingerprint density at radius 1 is 1.43 bits per heavy atom. The van der Waals surface area contributed by atoms with Gasteiger partial charge in [-0.3, -0.25) is 14.4 Å². The molecule has 0 aromatic carbocycles. The lowest BCUT2D eigenvalue weighted by molar-refractivity contribution is -0.148. The number of aliphatic carboxylic acids is 1. The molecule has 1 aromatic rings. The number of morpholine rings is 1. The number of pyridine rings is 1. The maximum Gasteiger partial charge on any atom is 0.306 e. The van der Waals surface area contributed by atoms with Crippen LogP contribution in [0, 0.1) is 0 Å². The smallest absolute Gasteiger partial charge is 0.306 e. The predicted octanol–water partition coefficient (Wildman–Crippen LogP) is 0.313. The Hall–Kier alpha value is -1.67. The molecular formula is C13H15BrN2O5. The van der Waals surface area contributed by atoms with Crippen LogP contribution in [0.2, 0.25) is 0 Å². The van der Waals surface area contributed by atoms with Gasteiger partial charge in [-0.05, 0) is 22.0 Å². The van der Waals surface area contributed by atoms with Crippen molar-refractivity contribution in [1.29, 1.82) is 0 Å². The van der Waals surface area contributed by atoms with E-state index in [9.17, 15) is 14.4 Å². The van der Waals surface area contributed by atoms with E-state index >= 15 is 0 Å². The van der Waals surface area contributed by atoms with Gasteiger partial charge in [0, 0.05) is 29.8 Å². The van der Waals surface area contributed by atoms with Crippen molar-refractivity contribution in [3.8, 4) is 0 Å². The normalized spacial score (nSPS) is 18.5. The van der Waals surface area contributed by atoms with E-state index < -0.39 is 12.1 Å². The van der Waals surface area contributed by atoms with Crippen molar-refractivity contribution in [2.75, 3.05) is 19.7 Å². The Bertz CT molecular complexity index is 600. The van der Waals surface area contributed by atoms with E-state index in [1.54, 1.807) is 12.3 Å². The van der Waals surface area contributed by atoms with Crippen molar-refractivity contribution in [2.24, 2.45) is 0 Å². The molecule has 1 aliphatic rings. The van der Waals surface area contributed by atoms with Crippen molar-refractivity contribution in [3.63, 3.8) is 0 Å². The molecule has 1 aliphatic heterocycles. The minimum absolute atomic E-state index is 0.0714. The van der Waals surface area contributed by atoms with Gasteiger partial charge in [-0.1, -0.05) is 0 Å². The summed E-state index contributed by atoms with van der Waals surface area (Å²) in [5.41, 5.74) is -0.262. The monoisotopic (exact) mass is 358 g/mol. The van der Waals surface area contributed by atoms with Crippen LogP contribution in [0.25, 0.3) is 0 Å². The first-order valence-electron chi connectivity index (χ1n) is 6.43. The summed E-state index contributed by atoms with van der Waals surface area (Å²) in [6.07, 6.45) is 0.912. The molecule has 1 saturated heterocycles. The van der Waals surface area contributed by atoms with Crippen LogP contribution in [0.15, 0.2) is 27.6 Å². The molecule has 1 aromatic heterocycles. The first kappa shape index (κ1) is 15.7. The zero-order chi connectivity index (χ0) is 15.4. The van der Waals surface area contributed by atoms with Gasteiger partial charge >= 0.3 is 5.97 Å². The van der Waals surface area contributed by atoms with E-state index in [4.69, 9.17) is 9.84 Å². The van der Waals surface area contributed by atoms with Crippen LogP contribution >= 0.6 is 15.9 Å². The number of hydrogen-bond donors (Lipinski definition) is 1. The number of carbonyl (C=O) groups is 2. The fraction of sp³-hybridized carbons (Fsp3) is 0.462. The van der Waals surface area contributed by atoms with Crippen LogP contribution in [0.3, 0.4) is 0 Å². The molecule has 1 N–H and O–H groups in total. The summed E-state index contributed by atoms with van der Waals surface area (Å²) in [7, 11) is 0. The highest BCUT2D eigenvalue weighted by atomic mass is 79.9. The van der Waals surface area contributed by atoms with Gasteiger partial charge in [0.15, 0.2) is 0 Å². The second-order valence-electron chi connectivity index (χ2n) is 4.74. The fourth-order valence-corrected chi connectivity index (χ4v) is 2.51. The van der Waals surface area contributed by atoms with Crippen LogP contribution < -0.4 is 5.56 Å². The maximum absolute atomic E-state index is 12.2. The SMILES string of the molecule is O=C(O)C[C@@H]1CN(C(=O)Cn2cc(Br)ccc2=O)CCO1. The minimum Gasteiger partial charge on any atom is -0.481 e. The molecule has 2 rings (SSSR count). The first-order chi connectivity index (χ1) is 9.95. The second kappa shape index (κ2) is 6.86. The molecule has 2 heterocycles. The topological polar surface area (TPSA) is 88.8 Å². The molecule has 114 valence electrons. The van der Waals surface area contributed by atoms with Crippen LogP contribution in [-0.2, 0) is 20.9 Å². The highest BCUT2D eigenvalue weighted by molar-refractivity contribution is 9.10. The lowest BCUT2D eigenvalue weighted by Crippen LogP contribution is -2.47. The Labute approximate surface area is 129 Å². The van der Waals surface area contributed by atoms with E-state index in [-0.39, 0.29) is 31.0 Å². The number of halogens is 1. The predicted molar refractivity (Wildman–Crippen MR) is 77.0 cm³/mol. The average Bonchev–Trinajstić information content (AvgIpc) is 2.42. The summed E-state index contributed by atoms with van der Waals surface area (Å²) in [4.78, 5) is 36.1. The van der Waals surface area contributed by atoms with Crippen LogP contribution in [-0.4, -0.2) is 52.3 Å². The third kappa shape index (κ3) is 4.40. The standard InChI is InChI=1S/C13H15BrN2O5/c14-9-1-2-11(17)16(6-9)8-12(18)15-3-4-21-10(7-15)5-13(19)20/h1-2,6,10H,3-5,7-8H2,(H,19,20)/t10-/m1/s1. The molecule has 1 atom stereocenters. The summed E-state index contributed by atoms with van der Waals surface area (Å²) in [5.74, 6) is -1.19. The minimum atomic E-state index is -0.961. The highest BCUT2D eigenvalue weighted by Crippen LogP contribution is 2.10. The molecule has 0 bridgehead atoms. The van der Waals surface area contributed by atoms with Gasteiger partial charge in [-0.15, -0.1) is 0 Å². The Kier molecular flexibility index (Phi) is 5.13. The van der Waals surface area contributed by atoms with Crippen molar-refractivity contribution in [3.05, 3.63) is 33.2 Å². The summed E-state index contributed by atoms with van der Waals surface area (Å²) < 4.78 is 7.33. The van der Waals surface area contributed by atoms with E-state index in [1.807, 2.05) is 0 Å². The van der Waals surface area contributed by atoms with Crippen molar-refractivity contribution < 1.29 is 19.4 Å². The first-order valence-corrected chi connectivity index (χ1v) is 7.22. The fourth-order valence-electron chi connectivity index (χ4n) is 2.14. The Morgan fingerprint density at radius 2 is 2.19 bits per heavy atom. The molecule has 8 heteroatoms. The second-order valence-corrected chi connectivity index (χ2v) is 5.66. The Balaban J connectivity index is 2.01. The van der Waals surface area contributed by atoms with E-state index in [0.717, 1.165) is 0 Å². The van der Waals surface area contributed by atoms with E-state index in [2.05, 4.69) is 15.9 Å². The van der Waals surface area contributed by atoms with Crippen molar-refractivity contribution >= 4 is 27.8 Å². The molecule has 7 nitrogen and oxygen atoms in total. The summed E-state index contributed by atoms with van der Waals surface area (Å²) in [5, 5.41) is 8.76. The van der Waals surface area contributed by atoms with Gasteiger partial charge in [0.2, 0.25) is 5.91 Å². The average molecular weight is 359 g/mol. The van der Waals surface area contributed by atoms with Crippen LogP contribution in [0.5, 0.6) is 0 Å². The number of nitrogens with zero attached hydrogens (tertiary/aromatic N) is 2. The molecule has 0 spiro atoms. The summed E-state index contributed by atoms with van der Waals surface area (Å²) in [6, 6.07) is 2.99. The third-order valence-corrected chi connectivity index (χ3v) is 3.62. The molecular weight excluding hydrogens is 344 g/mol. The van der Waals surface area contributed by atoms with Gasteiger partial charge in [-0.2, -0.15) is 0 Å². The quantitative estimate of drug-likeness (QED) is 0.836. The van der Waals surface area contributed by atoms with Gasteiger partial charge in [0.1, 0.15) is 6.54 Å². The zero-order valence-corrected chi connectivity index (χ0v) is 12.8. The van der Waals surface area contributed by atoms with E-state index in [1.165, 1.54) is 15.5 Å². The number of aromatic nitrogens is 1. The lowest BCUT2D eigenvalue weighted by atomic mass is 10.2. The van der Waals surface area contributed by atoms with Crippen LogP contribution in [0.4, 0.5) is 0 Å². The molecule has 21 heavy (non-hydrogen) atoms. The summed E-state index contributed by atoms with van der Waals surface area (Å²) in [6.45, 7) is 0.862. The van der Waals surface area contributed by atoms with Gasteiger partial charge in [-0.25, -0.2) is 0 Å². The third-order valence-electron chi connectivity index (χ3n) is 3.15. The maximum atomic E-state index is 12.2. The lowest BCUT2D eigenvalue weighted by Gasteiger charge is -2.32. The highest BCUT2D eigenvalue weighted by Gasteiger charge is 2.26. The van der Waals surface area contributed by atoms with Gasteiger partial charge in [0.05, 0.1) is 19.1 Å². The number of carboxylic acid groups (broad SMARTS) is 1. The molecule has 0 unspecified atom stereocenters. The van der Waals surface area contributed by atoms with Gasteiger partial charge < -0.3 is 19.3 Å². The molecule has 0 aliphatic carbocycles. The molecule has 1 amide bonds. The van der Waals surface area contributed by atoms with Crippen molar-refractivity contribution in [1.82, 2.24) is 9.47 Å². The molecule has 1 fully saturated rings. The van der Waals surface area contributed by atoms with Crippen molar-refractivity contribution in [2.45, 2.75) is 19.1 Å².